The first-order valence-corrected chi connectivity index (χ1v) is 7.05. The Kier molecular flexibility index (Phi) is 4.80. The molecule has 0 bridgehead atoms. The fraction of sp³-hybridized carbons (Fsp3) is 0.467. The number of anilines is 1. The van der Waals surface area contributed by atoms with Gasteiger partial charge in [-0.05, 0) is 24.3 Å². The third kappa shape index (κ3) is 3.33. The number of amides is 2. The summed E-state index contributed by atoms with van der Waals surface area (Å²) < 4.78 is 0. The predicted octanol–water partition coefficient (Wildman–Crippen LogP) is -0.0874. The molecule has 1 heterocycles. The lowest BCUT2D eigenvalue weighted by atomic mass is 10.1. The van der Waals surface area contributed by atoms with Crippen LogP contribution in [0.25, 0.3) is 0 Å². The van der Waals surface area contributed by atoms with E-state index in [1.807, 2.05) is 31.1 Å². The van der Waals surface area contributed by atoms with E-state index in [0.29, 0.717) is 25.2 Å². The third-order valence-electron chi connectivity index (χ3n) is 3.68. The average molecular weight is 290 g/mol. The number of nitrogens with one attached hydrogen (secondary N) is 2. The van der Waals surface area contributed by atoms with Crippen molar-refractivity contribution in [1.82, 2.24) is 15.5 Å². The van der Waals surface area contributed by atoms with E-state index in [4.69, 9.17) is 0 Å². The molecule has 0 spiro atoms. The minimum Gasteiger partial charge on any atom is -0.378 e. The van der Waals surface area contributed by atoms with Crippen LogP contribution >= 0.6 is 0 Å². The van der Waals surface area contributed by atoms with Crippen molar-refractivity contribution in [2.75, 3.05) is 45.7 Å². The maximum Gasteiger partial charge on any atom is 0.254 e. The van der Waals surface area contributed by atoms with Gasteiger partial charge in [0, 0.05) is 52.0 Å². The lowest BCUT2D eigenvalue weighted by molar-refractivity contribution is -0.125. The smallest absolute Gasteiger partial charge is 0.254 e. The van der Waals surface area contributed by atoms with E-state index in [2.05, 4.69) is 10.6 Å². The Morgan fingerprint density at radius 2 is 1.95 bits per heavy atom. The molecule has 1 saturated heterocycles. The van der Waals surface area contributed by atoms with Crippen LogP contribution in [0.3, 0.4) is 0 Å². The van der Waals surface area contributed by atoms with Crippen molar-refractivity contribution in [1.29, 1.82) is 0 Å². The van der Waals surface area contributed by atoms with Gasteiger partial charge >= 0.3 is 0 Å². The van der Waals surface area contributed by atoms with Crippen LogP contribution in [-0.2, 0) is 4.79 Å². The highest BCUT2D eigenvalue weighted by atomic mass is 16.2. The predicted molar refractivity (Wildman–Crippen MR) is 82.5 cm³/mol. The molecule has 0 radical (unpaired) electrons. The van der Waals surface area contributed by atoms with E-state index < -0.39 is 6.04 Å². The van der Waals surface area contributed by atoms with Crippen molar-refractivity contribution in [3.8, 4) is 0 Å². The summed E-state index contributed by atoms with van der Waals surface area (Å²) in [4.78, 5) is 28.1. The topological polar surface area (TPSA) is 64.7 Å². The number of benzene rings is 1. The number of carbonyl (C=O) groups is 2. The largest absolute Gasteiger partial charge is 0.378 e. The van der Waals surface area contributed by atoms with E-state index in [0.717, 1.165) is 5.69 Å². The monoisotopic (exact) mass is 290 g/mol. The highest BCUT2D eigenvalue weighted by Crippen LogP contribution is 2.15. The molecular formula is C15H22N4O2. The molecule has 0 saturated carbocycles. The summed E-state index contributed by atoms with van der Waals surface area (Å²) in [5, 5.41) is 5.76. The summed E-state index contributed by atoms with van der Waals surface area (Å²) in [5.74, 6) is -0.240. The van der Waals surface area contributed by atoms with Crippen molar-refractivity contribution < 1.29 is 9.59 Å². The molecule has 1 unspecified atom stereocenters. The quantitative estimate of drug-likeness (QED) is 0.817. The Morgan fingerprint density at radius 1 is 1.29 bits per heavy atom. The maximum atomic E-state index is 12.6. The number of carbonyl (C=O) groups excluding carboxylic acids is 2. The zero-order valence-electron chi connectivity index (χ0n) is 12.7. The molecule has 6 nitrogen and oxygen atoms in total. The van der Waals surface area contributed by atoms with Gasteiger partial charge in [0.2, 0.25) is 5.91 Å². The Balaban J connectivity index is 2.18. The van der Waals surface area contributed by atoms with Crippen LogP contribution in [0.4, 0.5) is 5.69 Å². The fourth-order valence-electron chi connectivity index (χ4n) is 2.42. The van der Waals surface area contributed by atoms with Gasteiger partial charge in [0.15, 0.2) is 0 Å². The number of nitrogens with zero attached hydrogens (tertiary/aromatic N) is 2. The average Bonchev–Trinajstić information content (AvgIpc) is 2.53. The zero-order valence-corrected chi connectivity index (χ0v) is 12.7. The fourth-order valence-corrected chi connectivity index (χ4v) is 2.42. The Bertz CT molecular complexity index is 513. The molecule has 21 heavy (non-hydrogen) atoms. The summed E-state index contributed by atoms with van der Waals surface area (Å²) in [6, 6.07) is 6.97. The normalized spacial score (nSPS) is 18.2. The molecule has 1 aliphatic heterocycles. The molecule has 2 rings (SSSR count). The van der Waals surface area contributed by atoms with E-state index in [-0.39, 0.29) is 11.8 Å². The lowest BCUT2D eigenvalue weighted by Crippen LogP contribution is -2.59. The Hall–Kier alpha value is -2.08. The first-order chi connectivity index (χ1) is 10.0. The van der Waals surface area contributed by atoms with Gasteiger partial charge < -0.3 is 20.4 Å². The molecule has 2 amide bonds. The summed E-state index contributed by atoms with van der Waals surface area (Å²) in [6.45, 7) is 1.72. The van der Waals surface area contributed by atoms with Crippen molar-refractivity contribution in [2.24, 2.45) is 0 Å². The van der Waals surface area contributed by atoms with Crippen LogP contribution in [0.15, 0.2) is 24.3 Å². The molecule has 0 aliphatic carbocycles. The number of hydrogen-bond acceptors (Lipinski definition) is 4. The maximum absolute atomic E-state index is 12.6. The van der Waals surface area contributed by atoms with Crippen LogP contribution in [0.2, 0.25) is 0 Å². The lowest BCUT2D eigenvalue weighted by Gasteiger charge is -2.35. The summed E-state index contributed by atoms with van der Waals surface area (Å²) in [5.41, 5.74) is 1.64. The van der Waals surface area contributed by atoms with Gasteiger partial charge in [-0.15, -0.1) is 0 Å². The van der Waals surface area contributed by atoms with Crippen LogP contribution in [0.1, 0.15) is 10.4 Å². The second-order valence-electron chi connectivity index (χ2n) is 5.27. The number of rotatable bonds is 3. The molecule has 1 atom stereocenters. The first kappa shape index (κ1) is 15.3. The number of piperazine rings is 1. The highest BCUT2D eigenvalue weighted by Gasteiger charge is 2.31. The molecular weight excluding hydrogens is 268 g/mol. The molecule has 1 aromatic carbocycles. The summed E-state index contributed by atoms with van der Waals surface area (Å²) >= 11 is 0. The minimum atomic E-state index is -0.454. The summed E-state index contributed by atoms with van der Waals surface area (Å²) in [7, 11) is 5.50. The van der Waals surface area contributed by atoms with E-state index >= 15 is 0 Å². The minimum absolute atomic E-state index is 0.101. The molecule has 1 aromatic rings. The van der Waals surface area contributed by atoms with Crippen LogP contribution in [0.5, 0.6) is 0 Å². The SMILES string of the molecule is CNC(=O)C1CNCCN1C(=O)c1ccc(N(C)C)cc1. The molecule has 1 aliphatic rings. The highest BCUT2D eigenvalue weighted by molar-refractivity contribution is 5.98. The van der Waals surface area contributed by atoms with Gasteiger partial charge in [-0.25, -0.2) is 0 Å². The standard InChI is InChI=1S/C15H22N4O2/c1-16-14(20)13-10-17-8-9-19(13)15(21)11-4-6-12(7-5-11)18(2)3/h4-7,13,17H,8-10H2,1-3H3,(H,16,20). The molecule has 1 fully saturated rings. The van der Waals surface area contributed by atoms with Gasteiger partial charge in [-0.2, -0.15) is 0 Å². The molecule has 2 N–H and O–H groups in total. The second-order valence-corrected chi connectivity index (χ2v) is 5.27. The van der Waals surface area contributed by atoms with Gasteiger partial charge in [0.25, 0.3) is 5.91 Å². The Labute approximate surface area is 125 Å². The third-order valence-corrected chi connectivity index (χ3v) is 3.68. The van der Waals surface area contributed by atoms with Crippen LogP contribution in [0, 0.1) is 0 Å². The number of hydrogen-bond donors (Lipinski definition) is 2. The molecule has 114 valence electrons. The van der Waals surface area contributed by atoms with Gasteiger partial charge in [0.1, 0.15) is 6.04 Å². The first-order valence-electron chi connectivity index (χ1n) is 7.05. The van der Waals surface area contributed by atoms with Gasteiger partial charge in [-0.3, -0.25) is 9.59 Å². The second kappa shape index (κ2) is 6.58. The molecule has 6 heteroatoms. The van der Waals surface area contributed by atoms with E-state index in [1.54, 1.807) is 24.1 Å². The van der Waals surface area contributed by atoms with Crippen molar-refractivity contribution >= 4 is 17.5 Å². The van der Waals surface area contributed by atoms with E-state index in [9.17, 15) is 9.59 Å². The van der Waals surface area contributed by atoms with Gasteiger partial charge in [0.05, 0.1) is 0 Å². The van der Waals surface area contributed by atoms with Crippen molar-refractivity contribution in [3.05, 3.63) is 29.8 Å². The van der Waals surface area contributed by atoms with Crippen LogP contribution in [-0.4, -0.2) is 63.5 Å². The van der Waals surface area contributed by atoms with Crippen molar-refractivity contribution in [2.45, 2.75) is 6.04 Å². The number of likely N-dealkylation sites (N-methyl/N-ethyl adjacent to an activating group) is 1. The van der Waals surface area contributed by atoms with Crippen molar-refractivity contribution in [3.63, 3.8) is 0 Å². The Morgan fingerprint density at radius 3 is 2.52 bits per heavy atom. The van der Waals surface area contributed by atoms with Crippen LogP contribution < -0.4 is 15.5 Å². The summed E-state index contributed by atoms with van der Waals surface area (Å²) in [6.07, 6.45) is 0. The zero-order chi connectivity index (χ0) is 15.4. The molecule has 0 aromatic heterocycles. The van der Waals surface area contributed by atoms with E-state index in [1.165, 1.54) is 0 Å². The van der Waals surface area contributed by atoms with Gasteiger partial charge in [-0.1, -0.05) is 0 Å².